The van der Waals surface area contributed by atoms with E-state index >= 15 is 0 Å². The number of nitrogens with one attached hydrogen (secondary N) is 2. The minimum atomic E-state index is -0.477. The van der Waals surface area contributed by atoms with Crippen LogP contribution < -0.4 is 16.4 Å². The molecule has 0 saturated heterocycles. The molecule has 170 valence electrons. The van der Waals surface area contributed by atoms with Crippen molar-refractivity contribution < 1.29 is 14.3 Å². The molecule has 0 spiro atoms. The van der Waals surface area contributed by atoms with Gasteiger partial charge in [0.05, 0.1) is 5.60 Å². The summed E-state index contributed by atoms with van der Waals surface area (Å²) in [7, 11) is 0. The van der Waals surface area contributed by atoms with Crippen LogP contribution in [-0.2, 0) is 9.53 Å². The standard InChI is InChI=1S/C25H37N3O3/c1-6-7-14-22(29)27-17-25(4,5)31-16-15-24(2,3)28-23(30)20-12-8-11-19-18(20)10-9-13-21(19)26/h8-13H,6-7,14-17,26H2,1-5H3,(H,27,29)(H,28,30). The predicted octanol–water partition coefficient (Wildman–Crippen LogP) is 4.42. The van der Waals surface area contributed by atoms with Crippen LogP contribution in [0.4, 0.5) is 5.69 Å². The first-order valence-corrected chi connectivity index (χ1v) is 11.0. The van der Waals surface area contributed by atoms with E-state index in [0.29, 0.717) is 37.2 Å². The summed E-state index contributed by atoms with van der Waals surface area (Å²) in [5.74, 6) is -0.0782. The van der Waals surface area contributed by atoms with Crippen molar-refractivity contribution in [1.82, 2.24) is 10.6 Å². The molecule has 6 heteroatoms. The average molecular weight is 428 g/mol. The van der Waals surface area contributed by atoms with Crippen LogP contribution in [0.15, 0.2) is 36.4 Å². The van der Waals surface area contributed by atoms with Crippen LogP contribution in [0, 0.1) is 0 Å². The van der Waals surface area contributed by atoms with E-state index in [1.807, 2.05) is 64.1 Å². The number of hydrogen-bond acceptors (Lipinski definition) is 4. The van der Waals surface area contributed by atoms with E-state index in [1.165, 1.54) is 0 Å². The summed E-state index contributed by atoms with van der Waals surface area (Å²) in [6.45, 7) is 10.9. The number of nitrogen functional groups attached to an aromatic ring is 1. The Balaban J connectivity index is 1.90. The fourth-order valence-electron chi connectivity index (χ4n) is 3.34. The number of fused-ring (bicyclic) bond motifs is 1. The summed E-state index contributed by atoms with van der Waals surface area (Å²) in [5, 5.41) is 7.76. The first-order chi connectivity index (χ1) is 14.5. The average Bonchev–Trinajstić information content (AvgIpc) is 2.70. The molecule has 2 aromatic rings. The van der Waals surface area contributed by atoms with Crippen molar-refractivity contribution in [2.45, 2.75) is 71.4 Å². The summed E-state index contributed by atoms with van der Waals surface area (Å²) in [5.41, 5.74) is 6.38. The Hall–Kier alpha value is -2.60. The number of hydrogen-bond donors (Lipinski definition) is 3. The third-order valence-corrected chi connectivity index (χ3v) is 5.34. The highest BCUT2D eigenvalue weighted by atomic mass is 16.5. The maximum absolute atomic E-state index is 13.0. The molecule has 2 rings (SSSR count). The van der Waals surface area contributed by atoms with Gasteiger partial charge in [0.1, 0.15) is 0 Å². The Labute approximate surface area is 185 Å². The largest absolute Gasteiger partial charge is 0.398 e. The van der Waals surface area contributed by atoms with Gasteiger partial charge in [0.25, 0.3) is 5.91 Å². The molecule has 0 aromatic heterocycles. The number of unbranched alkanes of at least 4 members (excludes halogenated alkanes) is 1. The molecule has 2 amide bonds. The Bertz CT molecular complexity index is 906. The highest BCUT2D eigenvalue weighted by Crippen LogP contribution is 2.25. The smallest absolute Gasteiger partial charge is 0.252 e. The van der Waals surface area contributed by atoms with Crippen molar-refractivity contribution in [2.75, 3.05) is 18.9 Å². The SMILES string of the molecule is CCCCC(=O)NCC(C)(C)OCCC(C)(C)NC(=O)c1cccc2c(N)cccc12. The topological polar surface area (TPSA) is 93.5 Å². The number of benzene rings is 2. The zero-order valence-electron chi connectivity index (χ0n) is 19.5. The lowest BCUT2D eigenvalue weighted by Gasteiger charge is -2.30. The Kier molecular flexibility index (Phi) is 8.45. The second-order valence-electron chi connectivity index (χ2n) is 9.32. The monoisotopic (exact) mass is 427 g/mol. The molecule has 0 bridgehead atoms. The van der Waals surface area contributed by atoms with Gasteiger partial charge in [-0.3, -0.25) is 9.59 Å². The summed E-state index contributed by atoms with van der Waals surface area (Å²) < 4.78 is 6.01. The van der Waals surface area contributed by atoms with Gasteiger partial charge in [-0.2, -0.15) is 0 Å². The van der Waals surface area contributed by atoms with Crippen molar-refractivity contribution >= 4 is 28.3 Å². The quantitative estimate of drug-likeness (QED) is 0.463. The van der Waals surface area contributed by atoms with Gasteiger partial charge in [0.15, 0.2) is 0 Å². The molecular formula is C25H37N3O3. The minimum absolute atomic E-state index is 0.0573. The van der Waals surface area contributed by atoms with E-state index < -0.39 is 11.1 Å². The molecule has 6 nitrogen and oxygen atoms in total. The lowest BCUT2D eigenvalue weighted by atomic mass is 9.98. The van der Waals surface area contributed by atoms with Crippen LogP contribution in [-0.4, -0.2) is 36.1 Å². The molecule has 4 N–H and O–H groups in total. The van der Waals surface area contributed by atoms with Gasteiger partial charge >= 0.3 is 0 Å². The van der Waals surface area contributed by atoms with Gasteiger partial charge in [-0.15, -0.1) is 0 Å². The van der Waals surface area contributed by atoms with E-state index in [4.69, 9.17) is 10.5 Å². The van der Waals surface area contributed by atoms with Gasteiger partial charge in [-0.05, 0) is 58.1 Å². The van der Waals surface area contributed by atoms with Crippen LogP contribution in [0.1, 0.15) is 70.7 Å². The molecule has 0 heterocycles. The van der Waals surface area contributed by atoms with Gasteiger partial charge in [-0.25, -0.2) is 0 Å². The maximum atomic E-state index is 13.0. The predicted molar refractivity (Wildman–Crippen MR) is 127 cm³/mol. The normalized spacial score (nSPS) is 12.0. The third-order valence-electron chi connectivity index (χ3n) is 5.34. The molecule has 2 aromatic carbocycles. The number of amides is 2. The van der Waals surface area contributed by atoms with Gasteiger partial charge < -0.3 is 21.1 Å². The van der Waals surface area contributed by atoms with Crippen molar-refractivity contribution in [2.24, 2.45) is 0 Å². The zero-order valence-corrected chi connectivity index (χ0v) is 19.5. The first kappa shape index (κ1) is 24.7. The highest BCUT2D eigenvalue weighted by molar-refractivity contribution is 6.09. The minimum Gasteiger partial charge on any atom is -0.398 e. The number of anilines is 1. The van der Waals surface area contributed by atoms with Crippen LogP contribution in [0.2, 0.25) is 0 Å². The molecule has 0 fully saturated rings. The molecule has 0 unspecified atom stereocenters. The molecule has 0 aliphatic heterocycles. The second kappa shape index (κ2) is 10.6. The van der Waals surface area contributed by atoms with Crippen LogP contribution in [0.25, 0.3) is 10.8 Å². The summed E-state index contributed by atoms with van der Waals surface area (Å²) >= 11 is 0. The number of ether oxygens (including phenoxy) is 1. The van der Waals surface area contributed by atoms with Gasteiger partial charge in [0, 0.05) is 41.7 Å². The number of nitrogens with two attached hydrogens (primary N) is 1. The maximum Gasteiger partial charge on any atom is 0.252 e. The third kappa shape index (κ3) is 7.55. The van der Waals surface area contributed by atoms with Crippen LogP contribution in [0.3, 0.4) is 0 Å². The van der Waals surface area contributed by atoms with E-state index in [9.17, 15) is 9.59 Å². The van der Waals surface area contributed by atoms with E-state index in [2.05, 4.69) is 17.6 Å². The Morgan fingerprint density at radius 2 is 1.71 bits per heavy atom. The van der Waals surface area contributed by atoms with E-state index in [1.54, 1.807) is 0 Å². The number of carbonyl (C=O) groups is 2. The highest BCUT2D eigenvalue weighted by Gasteiger charge is 2.25. The fraction of sp³-hybridized carbons (Fsp3) is 0.520. The van der Waals surface area contributed by atoms with E-state index in [-0.39, 0.29) is 11.8 Å². The molecule has 0 saturated carbocycles. The Morgan fingerprint density at radius 3 is 2.42 bits per heavy atom. The lowest BCUT2D eigenvalue weighted by molar-refractivity contribution is -0.123. The van der Waals surface area contributed by atoms with Gasteiger partial charge in [-0.1, -0.05) is 37.6 Å². The Morgan fingerprint density at radius 1 is 1.03 bits per heavy atom. The molecule has 0 aliphatic carbocycles. The lowest BCUT2D eigenvalue weighted by Crippen LogP contribution is -2.46. The zero-order chi connectivity index (χ0) is 23.1. The molecular weight excluding hydrogens is 390 g/mol. The fourth-order valence-corrected chi connectivity index (χ4v) is 3.34. The molecule has 0 aliphatic rings. The van der Waals surface area contributed by atoms with E-state index in [0.717, 1.165) is 23.6 Å². The number of rotatable bonds is 11. The van der Waals surface area contributed by atoms with Crippen molar-refractivity contribution in [3.8, 4) is 0 Å². The molecule has 31 heavy (non-hydrogen) atoms. The molecule has 0 atom stereocenters. The van der Waals surface area contributed by atoms with Crippen molar-refractivity contribution in [3.63, 3.8) is 0 Å². The van der Waals surface area contributed by atoms with Gasteiger partial charge in [0.2, 0.25) is 5.91 Å². The van der Waals surface area contributed by atoms with Crippen molar-refractivity contribution in [3.05, 3.63) is 42.0 Å². The second-order valence-corrected chi connectivity index (χ2v) is 9.32. The number of carbonyl (C=O) groups excluding carboxylic acids is 2. The summed E-state index contributed by atoms with van der Waals surface area (Å²) in [4.78, 5) is 24.8. The summed E-state index contributed by atoms with van der Waals surface area (Å²) in [6, 6.07) is 11.2. The summed E-state index contributed by atoms with van der Waals surface area (Å²) in [6.07, 6.45) is 3.08. The van der Waals surface area contributed by atoms with Crippen LogP contribution >= 0.6 is 0 Å². The van der Waals surface area contributed by atoms with Crippen LogP contribution in [0.5, 0.6) is 0 Å². The first-order valence-electron chi connectivity index (χ1n) is 11.0. The van der Waals surface area contributed by atoms with Crippen molar-refractivity contribution in [1.29, 1.82) is 0 Å². The molecule has 0 radical (unpaired) electrons.